The molecule has 0 radical (unpaired) electrons. The molecule has 0 aliphatic carbocycles. The first kappa shape index (κ1) is 14.3. The van der Waals surface area contributed by atoms with Gasteiger partial charge in [0.15, 0.2) is 0 Å². The number of carboxylic acid groups (broad SMARTS) is 1. The van der Waals surface area contributed by atoms with Gasteiger partial charge in [-0.1, -0.05) is 0 Å². The molecule has 2 aromatic rings. The Kier molecular flexibility index (Phi) is 3.60. The molecular weight excluding hydrogens is 314 g/mol. The summed E-state index contributed by atoms with van der Waals surface area (Å²) in [5, 5.41) is 9.14. The second kappa shape index (κ2) is 5.28. The van der Waals surface area contributed by atoms with Crippen molar-refractivity contribution >= 4 is 43.1 Å². The molecule has 1 fully saturated rings. The lowest BCUT2D eigenvalue weighted by molar-refractivity contribution is 0.0702. The molecule has 0 saturated carbocycles. The van der Waals surface area contributed by atoms with Gasteiger partial charge in [0.25, 0.3) is 0 Å². The Bertz CT molecular complexity index is 790. The minimum absolute atomic E-state index is 0.208. The Morgan fingerprint density at radius 1 is 1.38 bits per heavy atom. The molecule has 0 amide bonds. The number of carboxylic acids is 1. The molecule has 21 heavy (non-hydrogen) atoms. The average Bonchev–Trinajstić information content (AvgIpc) is 3.07. The van der Waals surface area contributed by atoms with Crippen LogP contribution in [0.15, 0.2) is 24.3 Å². The van der Waals surface area contributed by atoms with E-state index < -0.39 is 21.2 Å². The van der Waals surface area contributed by atoms with Crippen LogP contribution in [0.4, 0.5) is 5.69 Å². The van der Waals surface area contributed by atoms with Gasteiger partial charge in [0.05, 0.1) is 6.61 Å². The first-order valence-corrected chi connectivity index (χ1v) is 8.68. The third-order valence-corrected chi connectivity index (χ3v) is 6.19. The number of sulfonamides is 1. The second-order valence-corrected chi connectivity index (χ2v) is 7.85. The fraction of sp³-hybridized carbons (Fsp3) is 0.308. The van der Waals surface area contributed by atoms with E-state index in [0.717, 1.165) is 16.0 Å². The molecule has 112 valence electrons. The molecule has 1 unspecified atom stereocenters. The Labute approximate surface area is 125 Å². The number of rotatable bonds is 4. The standard InChI is InChI=1S/C13H13NO5S2/c15-13(16)12-6-8-5-9(1-2-11(8)20-12)14-21(17,18)10-3-4-19-7-10/h1-2,5-6,10,14H,3-4,7H2,(H,15,16). The monoisotopic (exact) mass is 327 g/mol. The van der Waals surface area contributed by atoms with Gasteiger partial charge in [0.1, 0.15) is 10.1 Å². The van der Waals surface area contributed by atoms with Crippen molar-refractivity contribution < 1.29 is 23.1 Å². The van der Waals surface area contributed by atoms with Crippen LogP contribution in [0.1, 0.15) is 16.1 Å². The number of carbonyl (C=O) groups is 1. The van der Waals surface area contributed by atoms with Crippen LogP contribution >= 0.6 is 11.3 Å². The van der Waals surface area contributed by atoms with Crippen molar-refractivity contribution in [3.63, 3.8) is 0 Å². The Morgan fingerprint density at radius 2 is 2.19 bits per heavy atom. The molecule has 2 heterocycles. The SMILES string of the molecule is O=C(O)c1cc2cc(NS(=O)(=O)C3CCOC3)ccc2s1. The third-order valence-electron chi connectivity index (χ3n) is 3.31. The molecule has 2 N–H and O–H groups in total. The van der Waals surface area contributed by atoms with E-state index in [-0.39, 0.29) is 11.5 Å². The first-order valence-electron chi connectivity index (χ1n) is 6.32. The molecule has 1 aliphatic heterocycles. The van der Waals surface area contributed by atoms with Gasteiger partial charge in [-0.15, -0.1) is 11.3 Å². The summed E-state index contributed by atoms with van der Waals surface area (Å²) in [5.74, 6) is -0.985. The van der Waals surface area contributed by atoms with Crippen LogP contribution in [0.5, 0.6) is 0 Å². The van der Waals surface area contributed by atoms with Crippen molar-refractivity contribution in [3.05, 3.63) is 29.1 Å². The zero-order chi connectivity index (χ0) is 15.0. The van der Waals surface area contributed by atoms with Crippen LogP contribution in [-0.2, 0) is 14.8 Å². The fourth-order valence-electron chi connectivity index (χ4n) is 2.22. The van der Waals surface area contributed by atoms with Crippen molar-refractivity contribution in [2.75, 3.05) is 17.9 Å². The molecule has 1 saturated heterocycles. The summed E-state index contributed by atoms with van der Waals surface area (Å²) in [6.07, 6.45) is 0.485. The van der Waals surface area contributed by atoms with Gasteiger partial charge in [0.2, 0.25) is 10.0 Å². The number of hydrogen-bond acceptors (Lipinski definition) is 5. The van der Waals surface area contributed by atoms with Gasteiger partial charge >= 0.3 is 5.97 Å². The molecule has 8 heteroatoms. The number of benzene rings is 1. The van der Waals surface area contributed by atoms with Crippen molar-refractivity contribution in [2.45, 2.75) is 11.7 Å². The van der Waals surface area contributed by atoms with Crippen LogP contribution in [0, 0.1) is 0 Å². The average molecular weight is 327 g/mol. The number of fused-ring (bicyclic) bond motifs is 1. The summed E-state index contributed by atoms with van der Waals surface area (Å²) in [5.41, 5.74) is 0.434. The van der Waals surface area contributed by atoms with Crippen LogP contribution in [0.2, 0.25) is 0 Å². The lowest BCUT2D eigenvalue weighted by Crippen LogP contribution is -2.27. The van der Waals surface area contributed by atoms with Gasteiger partial charge in [-0.05, 0) is 36.1 Å². The zero-order valence-corrected chi connectivity index (χ0v) is 12.5. The number of thiophene rings is 1. The Balaban J connectivity index is 1.88. The summed E-state index contributed by atoms with van der Waals surface area (Å²) in [6, 6.07) is 6.54. The normalized spacial score (nSPS) is 19.0. The highest BCUT2D eigenvalue weighted by Gasteiger charge is 2.29. The minimum atomic E-state index is -3.48. The zero-order valence-electron chi connectivity index (χ0n) is 10.9. The summed E-state index contributed by atoms with van der Waals surface area (Å²) in [7, 11) is -3.48. The molecule has 0 spiro atoms. The molecule has 6 nitrogen and oxygen atoms in total. The maximum atomic E-state index is 12.2. The largest absolute Gasteiger partial charge is 0.477 e. The number of ether oxygens (including phenoxy) is 1. The van der Waals surface area contributed by atoms with Crippen molar-refractivity contribution in [3.8, 4) is 0 Å². The van der Waals surface area contributed by atoms with Crippen LogP contribution in [-0.4, -0.2) is 38.0 Å². The fourth-order valence-corrected chi connectivity index (χ4v) is 4.40. The predicted molar refractivity (Wildman–Crippen MR) is 80.6 cm³/mol. The molecule has 1 aliphatic rings. The van der Waals surface area contributed by atoms with E-state index in [4.69, 9.17) is 9.84 Å². The highest BCUT2D eigenvalue weighted by atomic mass is 32.2. The minimum Gasteiger partial charge on any atom is -0.477 e. The quantitative estimate of drug-likeness (QED) is 0.897. The summed E-state index contributed by atoms with van der Waals surface area (Å²) >= 11 is 1.16. The van der Waals surface area contributed by atoms with Gasteiger partial charge in [0, 0.05) is 17.0 Å². The first-order chi connectivity index (χ1) is 9.95. The van der Waals surface area contributed by atoms with Crippen LogP contribution in [0.25, 0.3) is 10.1 Å². The van der Waals surface area contributed by atoms with Gasteiger partial charge in [-0.3, -0.25) is 4.72 Å². The lowest BCUT2D eigenvalue weighted by Gasteiger charge is -2.12. The summed E-state index contributed by atoms with van der Waals surface area (Å²) in [4.78, 5) is 11.2. The van der Waals surface area contributed by atoms with E-state index in [1.54, 1.807) is 24.3 Å². The predicted octanol–water partition coefficient (Wildman–Crippen LogP) is 2.13. The van der Waals surface area contributed by atoms with Crippen molar-refractivity contribution in [2.24, 2.45) is 0 Å². The van der Waals surface area contributed by atoms with E-state index in [9.17, 15) is 13.2 Å². The molecule has 1 aromatic heterocycles. The van der Waals surface area contributed by atoms with E-state index in [1.165, 1.54) is 0 Å². The van der Waals surface area contributed by atoms with Crippen molar-refractivity contribution in [1.29, 1.82) is 0 Å². The second-order valence-electron chi connectivity index (χ2n) is 4.80. The highest BCUT2D eigenvalue weighted by molar-refractivity contribution is 7.93. The maximum absolute atomic E-state index is 12.2. The summed E-state index contributed by atoms with van der Waals surface area (Å²) in [6.45, 7) is 0.663. The smallest absolute Gasteiger partial charge is 0.345 e. The number of aromatic carboxylic acids is 1. The van der Waals surface area contributed by atoms with Crippen LogP contribution < -0.4 is 4.72 Å². The third kappa shape index (κ3) is 2.87. The number of hydrogen-bond donors (Lipinski definition) is 2. The lowest BCUT2D eigenvalue weighted by atomic mass is 10.2. The highest BCUT2D eigenvalue weighted by Crippen LogP contribution is 2.29. The topological polar surface area (TPSA) is 92.7 Å². The molecule has 0 bridgehead atoms. The number of anilines is 1. The molecule has 1 atom stereocenters. The Hall–Kier alpha value is -1.64. The van der Waals surface area contributed by atoms with E-state index in [2.05, 4.69) is 4.72 Å². The van der Waals surface area contributed by atoms with Crippen LogP contribution in [0.3, 0.4) is 0 Å². The summed E-state index contributed by atoms with van der Waals surface area (Å²) < 4.78 is 32.8. The maximum Gasteiger partial charge on any atom is 0.345 e. The van der Waals surface area contributed by atoms with Gasteiger partial charge < -0.3 is 9.84 Å². The van der Waals surface area contributed by atoms with E-state index in [0.29, 0.717) is 24.1 Å². The Morgan fingerprint density at radius 3 is 2.86 bits per heavy atom. The molecular formula is C13H13NO5S2. The van der Waals surface area contributed by atoms with Crippen molar-refractivity contribution in [1.82, 2.24) is 0 Å². The number of nitrogens with one attached hydrogen (secondary N) is 1. The molecule has 3 rings (SSSR count). The van der Waals surface area contributed by atoms with Gasteiger partial charge in [-0.2, -0.15) is 0 Å². The molecule has 1 aromatic carbocycles. The van der Waals surface area contributed by atoms with Gasteiger partial charge in [-0.25, -0.2) is 13.2 Å². The van der Waals surface area contributed by atoms with E-state index in [1.807, 2.05) is 0 Å². The van der Waals surface area contributed by atoms with E-state index >= 15 is 0 Å².